The van der Waals surface area contributed by atoms with Gasteiger partial charge in [-0.25, -0.2) is 4.79 Å². The van der Waals surface area contributed by atoms with E-state index in [1.165, 1.54) is 0 Å². The van der Waals surface area contributed by atoms with Gasteiger partial charge >= 0.3 is 6.09 Å². The van der Waals surface area contributed by atoms with Crippen LogP contribution in [0.4, 0.5) is 4.79 Å². The first-order valence-corrected chi connectivity index (χ1v) is 8.62. The molecule has 2 rings (SSSR count). The van der Waals surface area contributed by atoms with Crippen molar-refractivity contribution in [3.8, 4) is 6.07 Å². The molecule has 0 saturated carbocycles. The molecule has 1 fully saturated rings. The molecule has 1 aliphatic heterocycles. The van der Waals surface area contributed by atoms with Crippen LogP contribution < -0.4 is 0 Å². The Morgan fingerprint density at radius 2 is 2.08 bits per heavy atom. The van der Waals surface area contributed by atoms with E-state index in [1.54, 1.807) is 12.0 Å². The lowest BCUT2D eigenvalue weighted by Gasteiger charge is -2.23. The Bertz CT molecular complexity index is 573. The van der Waals surface area contributed by atoms with E-state index in [2.05, 4.69) is 6.07 Å². The molecule has 0 radical (unpaired) electrons. The normalized spacial score (nSPS) is 22.6. The fourth-order valence-corrected chi connectivity index (χ4v) is 3.07. The van der Waals surface area contributed by atoms with Crippen LogP contribution >= 0.6 is 0 Å². The zero-order valence-electron chi connectivity index (χ0n) is 14.9. The van der Waals surface area contributed by atoms with Gasteiger partial charge in [-0.05, 0) is 12.0 Å². The summed E-state index contributed by atoms with van der Waals surface area (Å²) in [6.45, 7) is 3.92. The molecule has 1 aliphatic rings. The van der Waals surface area contributed by atoms with Gasteiger partial charge < -0.3 is 19.1 Å². The van der Waals surface area contributed by atoms with Crippen LogP contribution in [-0.4, -0.2) is 50.0 Å². The van der Waals surface area contributed by atoms with Crippen LogP contribution in [0.3, 0.4) is 0 Å². The fourth-order valence-electron chi connectivity index (χ4n) is 3.07. The third kappa shape index (κ3) is 5.45. The Hall–Kier alpha value is -2.10. The molecule has 6 heteroatoms. The SMILES string of the molecule is COCCCO[C@H]1CN(C(=O)OCc2ccccc2)[C@@H](CC#N)[C@@H]1C. The summed E-state index contributed by atoms with van der Waals surface area (Å²) in [5.41, 5.74) is 0.937. The van der Waals surface area contributed by atoms with Gasteiger partial charge in [0, 0.05) is 26.2 Å². The van der Waals surface area contributed by atoms with Gasteiger partial charge in [-0.3, -0.25) is 0 Å². The Morgan fingerprint density at radius 3 is 2.76 bits per heavy atom. The van der Waals surface area contributed by atoms with Crippen molar-refractivity contribution in [1.82, 2.24) is 4.90 Å². The number of benzene rings is 1. The van der Waals surface area contributed by atoms with Crippen molar-refractivity contribution >= 4 is 6.09 Å². The van der Waals surface area contributed by atoms with Crippen molar-refractivity contribution in [3.05, 3.63) is 35.9 Å². The first kappa shape index (κ1) is 19.2. The topological polar surface area (TPSA) is 71.8 Å². The summed E-state index contributed by atoms with van der Waals surface area (Å²) in [6, 6.07) is 11.5. The predicted molar refractivity (Wildman–Crippen MR) is 92.7 cm³/mol. The van der Waals surface area contributed by atoms with Crippen molar-refractivity contribution in [3.63, 3.8) is 0 Å². The molecule has 1 heterocycles. The van der Waals surface area contributed by atoms with Crippen LogP contribution in [0.25, 0.3) is 0 Å². The van der Waals surface area contributed by atoms with Gasteiger partial charge in [-0.15, -0.1) is 0 Å². The van der Waals surface area contributed by atoms with Crippen molar-refractivity contribution < 1.29 is 19.0 Å². The standard InChI is InChI=1S/C19H26N2O4/c1-15-17(9-10-20)21(13-18(15)24-12-6-11-23-2)19(22)25-14-16-7-4-3-5-8-16/h3-5,7-8,15,17-18H,6,9,11-14H2,1-2H3/t15-,17-,18-/m0/s1. The zero-order valence-corrected chi connectivity index (χ0v) is 14.9. The number of ether oxygens (including phenoxy) is 3. The van der Waals surface area contributed by atoms with Crippen molar-refractivity contribution in [2.24, 2.45) is 5.92 Å². The highest BCUT2D eigenvalue weighted by Gasteiger charge is 2.42. The smallest absolute Gasteiger partial charge is 0.410 e. The first-order chi connectivity index (χ1) is 12.2. The lowest BCUT2D eigenvalue weighted by molar-refractivity contribution is 0.0246. The molecule has 6 nitrogen and oxygen atoms in total. The molecule has 0 bridgehead atoms. The average Bonchev–Trinajstić information content (AvgIpc) is 2.94. The number of hydrogen-bond donors (Lipinski definition) is 0. The Balaban J connectivity index is 1.91. The highest BCUT2D eigenvalue weighted by atomic mass is 16.6. The van der Waals surface area contributed by atoms with E-state index < -0.39 is 0 Å². The minimum absolute atomic E-state index is 0.0838. The number of carbonyl (C=O) groups is 1. The number of rotatable bonds is 8. The van der Waals surface area contributed by atoms with Crippen LogP contribution in [0, 0.1) is 17.2 Å². The molecule has 0 unspecified atom stereocenters. The molecule has 1 saturated heterocycles. The minimum Gasteiger partial charge on any atom is -0.445 e. The first-order valence-electron chi connectivity index (χ1n) is 8.62. The summed E-state index contributed by atoms with van der Waals surface area (Å²) in [5.74, 6) is 0.0893. The summed E-state index contributed by atoms with van der Waals surface area (Å²) in [4.78, 5) is 14.1. The number of carbonyl (C=O) groups excluding carboxylic acids is 1. The van der Waals surface area contributed by atoms with E-state index in [4.69, 9.17) is 19.5 Å². The van der Waals surface area contributed by atoms with Crippen molar-refractivity contribution in [2.75, 3.05) is 26.9 Å². The summed E-state index contributed by atoms with van der Waals surface area (Å²) in [7, 11) is 1.66. The van der Waals surface area contributed by atoms with Gasteiger partial charge in [0.15, 0.2) is 0 Å². The van der Waals surface area contributed by atoms with Gasteiger partial charge in [0.25, 0.3) is 0 Å². The van der Waals surface area contributed by atoms with Crippen LogP contribution in [0.15, 0.2) is 30.3 Å². The van der Waals surface area contributed by atoms with Gasteiger partial charge in [0.1, 0.15) is 6.61 Å². The van der Waals surface area contributed by atoms with E-state index in [0.717, 1.165) is 12.0 Å². The fraction of sp³-hybridized carbons (Fsp3) is 0.579. The molecule has 136 valence electrons. The quantitative estimate of drug-likeness (QED) is 0.677. The molecule has 1 aromatic carbocycles. The van der Waals surface area contributed by atoms with Crippen molar-refractivity contribution in [2.45, 2.75) is 38.5 Å². The Morgan fingerprint density at radius 1 is 1.32 bits per heavy atom. The second-order valence-corrected chi connectivity index (χ2v) is 6.24. The van der Waals surface area contributed by atoms with Crippen LogP contribution in [0.2, 0.25) is 0 Å². The number of likely N-dealkylation sites (tertiary alicyclic amines) is 1. The number of hydrogen-bond acceptors (Lipinski definition) is 5. The van der Waals surface area contributed by atoms with E-state index in [1.807, 2.05) is 37.3 Å². The lowest BCUT2D eigenvalue weighted by atomic mass is 9.98. The number of amides is 1. The third-order valence-corrected chi connectivity index (χ3v) is 4.54. The van der Waals surface area contributed by atoms with E-state index in [9.17, 15) is 4.79 Å². The summed E-state index contributed by atoms with van der Waals surface area (Å²) in [6.07, 6.45) is 0.610. The van der Waals surface area contributed by atoms with E-state index in [0.29, 0.717) is 19.8 Å². The Labute approximate surface area is 149 Å². The van der Waals surface area contributed by atoms with Gasteiger partial charge in [0.2, 0.25) is 0 Å². The third-order valence-electron chi connectivity index (χ3n) is 4.54. The van der Waals surface area contributed by atoms with Crippen LogP contribution in [0.5, 0.6) is 0 Å². The Kier molecular flexibility index (Phi) is 7.71. The molecule has 0 N–H and O–H groups in total. The molecule has 3 atom stereocenters. The number of nitrogens with zero attached hydrogens (tertiary/aromatic N) is 2. The molecule has 1 amide bonds. The number of methoxy groups -OCH3 is 1. The second-order valence-electron chi connectivity index (χ2n) is 6.24. The van der Waals surface area contributed by atoms with E-state index in [-0.39, 0.29) is 37.2 Å². The van der Waals surface area contributed by atoms with Gasteiger partial charge in [-0.1, -0.05) is 37.3 Å². The predicted octanol–water partition coefficient (Wildman–Crippen LogP) is 2.98. The maximum absolute atomic E-state index is 12.5. The molecular weight excluding hydrogens is 320 g/mol. The monoisotopic (exact) mass is 346 g/mol. The van der Waals surface area contributed by atoms with Gasteiger partial charge in [0.05, 0.1) is 31.2 Å². The lowest BCUT2D eigenvalue weighted by Crippen LogP contribution is -2.37. The molecule has 0 aromatic heterocycles. The molecular formula is C19H26N2O4. The highest BCUT2D eigenvalue weighted by Crippen LogP contribution is 2.29. The second kappa shape index (κ2) is 10.0. The highest BCUT2D eigenvalue weighted by molar-refractivity contribution is 5.68. The maximum Gasteiger partial charge on any atom is 0.410 e. The molecule has 1 aromatic rings. The molecule has 0 aliphatic carbocycles. The molecule has 0 spiro atoms. The van der Waals surface area contributed by atoms with E-state index >= 15 is 0 Å². The number of nitriles is 1. The van der Waals surface area contributed by atoms with Gasteiger partial charge in [-0.2, -0.15) is 5.26 Å². The largest absolute Gasteiger partial charge is 0.445 e. The van der Waals surface area contributed by atoms with Crippen molar-refractivity contribution in [1.29, 1.82) is 5.26 Å². The minimum atomic E-state index is -0.390. The summed E-state index contributed by atoms with van der Waals surface area (Å²) < 4.78 is 16.3. The summed E-state index contributed by atoms with van der Waals surface area (Å²) >= 11 is 0. The zero-order chi connectivity index (χ0) is 18.1. The molecule has 25 heavy (non-hydrogen) atoms. The average molecular weight is 346 g/mol. The van der Waals surface area contributed by atoms with Crippen LogP contribution in [0.1, 0.15) is 25.3 Å². The summed E-state index contributed by atoms with van der Waals surface area (Å²) in [5, 5.41) is 9.10. The maximum atomic E-state index is 12.5. The van der Waals surface area contributed by atoms with Crippen LogP contribution in [-0.2, 0) is 20.8 Å².